The molecule has 2 aliphatic heterocycles. The first kappa shape index (κ1) is 22.2. The summed E-state index contributed by atoms with van der Waals surface area (Å²) in [4.78, 5) is 23.3. The van der Waals surface area contributed by atoms with Gasteiger partial charge in [0, 0.05) is 19.1 Å². The highest BCUT2D eigenvalue weighted by Gasteiger charge is 2.49. The van der Waals surface area contributed by atoms with Gasteiger partial charge in [-0.05, 0) is 45.0 Å². The molecule has 1 spiro atoms. The summed E-state index contributed by atoms with van der Waals surface area (Å²) in [6.45, 7) is 6.18. The highest BCUT2D eigenvalue weighted by Crippen LogP contribution is 2.42. The van der Waals surface area contributed by atoms with Crippen LogP contribution in [-0.4, -0.2) is 61.4 Å². The Morgan fingerprint density at radius 2 is 2.00 bits per heavy atom. The van der Waals surface area contributed by atoms with Crippen LogP contribution in [0.2, 0.25) is 0 Å². The van der Waals surface area contributed by atoms with Crippen LogP contribution in [-0.2, 0) is 20.9 Å². The second-order valence-electron chi connectivity index (χ2n) is 7.18. The van der Waals surface area contributed by atoms with Crippen LogP contribution in [0.1, 0.15) is 24.4 Å². The minimum Gasteiger partial charge on any atom is -0.475 e. The Hall–Kier alpha value is -2.07. The quantitative estimate of drug-likeness (QED) is 0.797. The maximum Gasteiger partial charge on any atom is 0.490 e. The van der Waals surface area contributed by atoms with Gasteiger partial charge in [-0.1, -0.05) is 0 Å². The molecule has 158 valence electrons. The van der Waals surface area contributed by atoms with Crippen LogP contribution in [0.25, 0.3) is 0 Å². The van der Waals surface area contributed by atoms with Crippen LogP contribution in [0.3, 0.4) is 0 Å². The number of nitrogens with zero attached hydrogens (tertiary/aromatic N) is 1. The molecule has 2 N–H and O–H groups in total. The molecule has 0 saturated carbocycles. The molecule has 0 aliphatic carbocycles. The molecule has 10 heteroatoms. The number of ether oxygens (including phenoxy) is 1. The topological polar surface area (TPSA) is 92.0 Å². The highest BCUT2D eigenvalue weighted by atomic mass is 19.4. The van der Waals surface area contributed by atoms with Crippen molar-refractivity contribution in [2.75, 3.05) is 33.4 Å². The first-order valence-corrected chi connectivity index (χ1v) is 8.92. The number of aryl methyl sites for hydroxylation is 1. The van der Waals surface area contributed by atoms with E-state index in [9.17, 15) is 18.0 Å². The molecule has 1 unspecified atom stereocenters. The number of amides is 1. The number of carboxylic acids is 1. The molecule has 0 bridgehead atoms. The highest BCUT2D eigenvalue weighted by molar-refractivity contribution is 5.82. The van der Waals surface area contributed by atoms with Crippen LogP contribution in [0.5, 0.6) is 0 Å². The Kier molecular flexibility index (Phi) is 7.11. The number of piperidine rings is 1. The number of likely N-dealkylation sites (tertiary alicyclic amines) is 1. The second kappa shape index (κ2) is 8.95. The number of furan rings is 1. The molecule has 1 aromatic heterocycles. The summed E-state index contributed by atoms with van der Waals surface area (Å²) in [5.74, 6) is -0.600. The van der Waals surface area contributed by atoms with E-state index in [0.29, 0.717) is 6.61 Å². The number of halogens is 3. The molecule has 0 aromatic carbocycles. The third-order valence-corrected chi connectivity index (χ3v) is 5.27. The van der Waals surface area contributed by atoms with E-state index < -0.39 is 12.1 Å². The lowest BCUT2D eigenvalue weighted by atomic mass is 9.71. The Morgan fingerprint density at radius 3 is 2.46 bits per heavy atom. The van der Waals surface area contributed by atoms with Gasteiger partial charge in [-0.15, -0.1) is 0 Å². The zero-order valence-corrected chi connectivity index (χ0v) is 15.8. The summed E-state index contributed by atoms with van der Waals surface area (Å²) >= 11 is 0. The third kappa shape index (κ3) is 5.48. The summed E-state index contributed by atoms with van der Waals surface area (Å²) in [5.41, 5.74) is 0.0860. The fourth-order valence-corrected chi connectivity index (χ4v) is 3.68. The fourth-order valence-electron chi connectivity index (χ4n) is 3.68. The van der Waals surface area contributed by atoms with E-state index in [1.54, 1.807) is 7.11 Å². The molecule has 2 fully saturated rings. The van der Waals surface area contributed by atoms with Crippen LogP contribution < -0.4 is 5.32 Å². The van der Waals surface area contributed by atoms with Crippen molar-refractivity contribution < 1.29 is 37.0 Å². The molecule has 7 nitrogen and oxygen atoms in total. The average molecular weight is 406 g/mol. The number of carbonyl (C=O) groups is 2. The molecule has 3 heterocycles. The largest absolute Gasteiger partial charge is 0.490 e. The lowest BCUT2D eigenvalue weighted by molar-refractivity contribution is -0.192. The number of carbonyl (C=O) groups excluding carboxylic acids is 1. The van der Waals surface area contributed by atoms with Gasteiger partial charge in [-0.25, -0.2) is 4.79 Å². The van der Waals surface area contributed by atoms with Crippen LogP contribution >= 0.6 is 0 Å². The molecule has 1 amide bonds. The SMILES string of the molecule is COCC1C(=O)NCC12CCN(Cc1ccc(C)o1)CC2.O=C(O)C(F)(F)F. The fraction of sp³-hybridized carbons (Fsp3) is 0.667. The van der Waals surface area contributed by atoms with E-state index in [0.717, 1.165) is 50.5 Å². The van der Waals surface area contributed by atoms with E-state index in [4.69, 9.17) is 19.1 Å². The van der Waals surface area contributed by atoms with Crippen molar-refractivity contribution in [1.29, 1.82) is 0 Å². The van der Waals surface area contributed by atoms with Gasteiger partial charge in [0.05, 0.1) is 19.1 Å². The standard InChI is InChI=1S/C16H24N2O3.C2HF3O2/c1-12-3-4-13(21-12)9-18-7-5-16(6-8-18)11-17-15(19)14(16)10-20-2;3-2(4,5)1(6)7/h3-4,14H,5-11H2,1-2H3,(H,17,19);(H,6,7). The zero-order chi connectivity index (χ0) is 20.9. The molecule has 3 rings (SSSR count). The van der Waals surface area contributed by atoms with Crippen molar-refractivity contribution in [3.63, 3.8) is 0 Å². The molecular weight excluding hydrogens is 381 g/mol. The Labute approximate surface area is 160 Å². The minimum atomic E-state index is -5.08. The van der Waals surface area contributed by atoms with E-state index >= 15 is 0 Å². The normalized spacial score (nSPS) is 21.9. The first-order chi connectivity index (χ1) is 13.1. The smallest absolute Gasteiger partial charge is 0.475 e. The van der Waals surface area contributed by atoms with Gasteiger partial charge >= 0.3 is 12.1 Å². The maximum atomic E-state index is 12.0. The lowest BCUT2D eigenvalue weighted by Gasteiger charge is -2.41. The van der Waals surface area contributed by atoms with Gasteiger partial charge in [0.15, 0.2) is 0 Å². The molecule has 1 aromatic rings. The number of alkyl halides is 3. The number of rotatable bonds is 4. The minimum absolute atomic E-state index is 0.00973. The monoisotopic (exact) mass is 406 g/mol. The molecule has 1 atom stereocenters. The van der Waals surface area contributed by atoms with Crippen molar-refractivity contribution in [1.82, 2.24) is 10.2 Å². The van der Waals surface area contributed by atoms with Crippen molar-refractivity contribution in [2.45, 2.75) is 32.5 Å². The molecule has 2 aliphatic rings. The molecule has 28 heavy (non-hydrogen) atoms. The van der Waals surface area contributed by atoms with Gasteiger partial charge in [-0.2, -0.15) is 13.2 Å². The number of nitrogens with one attached hydrogen (secondary N) is 1. The number of hydrogen-bond acceptors (Lipinski definition) is 5. The van der Waals surface area contributed by atoms with Gasteiger partial charge < -0.3 is 19.6 Å². The van der Waals surface area contributed by atoms with Gasteiger partial charge in [0.2, 0.25) is 5.91 Å². The Balaban J connectivity index is 0.000000345. The van der Waals surface area contributed by atoms with Gasteiger partial charge in [0.1, 0.15) is 11.5 Å². The Morgan fingerprint density at radius 1 is 1.39 bits per heavy atom. The van der Waals surface area contributed by atoms with Crippen LogP contribution in [0.15, 0.2) is 16.5 Å². The van der Waals surface area contributed by atoms with Crippen molar-refractivity contribution >= 4 is 11.9 Å². The van der Waals surface area contributed by atoms with E-state index in [2.05, 4.69) is 10.2 Å². The summed E-state index contributed by atoms with van der Waals surface area (Å²) in [5, 5.41) is 10.2. The lowest BCUT2D eigenvalue weighted by Crippen LogP contribution is -2.45. The predicted molar refractivity (Wildman–Crippen MR) is 92.5 cm³/mol. The van der Waals surface area contributed by atoms with Gasteiger partial charge in [-0.3, -0.25) is 9.69 Å². The van der Waals surface area contributed by atoms with E-state index in [-0.39, 0.29) is 17.2 Å². The van der Waals surface area contributed by atoms with E-state index in [1.807, 2.05) is 19.1 Å². The molecule has 2 saturated heterocycles. The van der Waals surface area contributed by atoms with Crippen LogP contribution in [0.4, 0.5) is 13.2 Å². The van der Waals surface area contributed by atoms with Crippen LogP contribution in [0, 0.1) is 18.3 Å². The van der Waals surface area contributed by atoms with Crippen molar-refractivity contribution in [2.24, 2.45) is 11.3 Å². The number of hydrogen-bond donors (Lipinski definition) is 2. The summed E-state index contributed by atoms with van der Waals surface area (Å²) in [6, 6.07) is 4.06. The summed E-state index contributed by atoms with van der Waals surface area (Å²) in [6.07, 6.45) is -3.00. The van der Waals surface area contributed by atoms with Gasteiger partial charge in [0.25, 0.3) is 0 Å². The molecular formula is C18H25F3N2O5. The maximum absolute atomic E-state index is 12.0. The molecule has 0 radical (unpaired) electrons. The number of aliphatic carboxylic acids is 1. The number of methoxy groups -OCH3 is 1. The van der Waals surface area contributed by atoms with Crippen molar-refractivity contribution in [3.8, 4) is 0 Å². The van der Waals surface area contributed by atoms with Crippen molar-refractivity contribution in [3.05, 3.63) is 23.7 Å². The Bertz CT molecular complexity index is 681. The summed E-state index contributed by atoms with van der Waals surface area (Å²) < 4.78 is 42.6. The predicted octanol–water partition coefficient (Wildman–Crippen LogP) is 2.20. The third-order valence-electron chi connectivity index (χ3n) is 5.27. The first-order valence-electron chi connectivity index (χ1n) is 8.92. The summed E-state index contributed by atoms with van der Waals surface area (Å²) in [7, 11) is 1.67. The zero-order valence-electron chi connectivity index (χ0n) is 15.8. The number of carboxylic acid groups (broad SMARTS) is 1. The van der Waals surface area contributed by atoms with E-state index in [1.165, 1.54) is 0 Å². The second-order valence-corrected chi connectivity index (χ2v) is 7.18. The average Bonchev–Trinajstić information content (AvgIpc) is 3.15.